The van der Waals surface area contributed by atoms with E-state index in [-0.39, 0.29) is 0 Å². The lowest BCUT2D eigenvalue weighted by molar-refractivity contribution is 0.330. The summed E-state index contributed by atoms with van der Waals surface area (Å²) in [5.74, 6) is 1.59. The molecule has 110 valence electrons. The molecule has 0 amide bonds. The summed E-state index contributed by atoms with van der Waals surface area (Å²) in [7, 11) is 0. The highest BCUT2D eigenvalue weighted by Gasteiger charge is 2.21. The van der Waals surface area contributed by atoms with Crippen LogP contribution in [0.25, 0.3) is 0 Å². The van der Waals surface area contributed by atoms with Gasteiger partial charge < -0.3 is 10.2 Å². The zero-order valence-corrected chi connectivity index (χ0v) is 12.3. The molecule has 1 aliphatic rings. The van der Waals surface area contributed by atoms with E-state index in [1.165, 1.54) is 25.1 Å². The smallest absolute Gasteiger partial charge is 0.144 e. The van der Waals surface area contributed by atoms with Crippen molar-refractivity contribution < 1.29 is 0 Å². The van der Waals surface area contributed by atoms with Crippen LogP contribution >= 0.6 is 0 Å². The maximum atomic E-state index is 4.25. The van der Waals surface area contributed by atoms with Gasteiger partial charge >= 0.3 is 0 Å². The molecule has 3 rings (SSSR count). The van der Waals surface area contributed by atoms with Crippen molar-refractivity contribution in [1.82, 2.24) is 14.9 Å². The summed E-state index contributed by atoms with van der Waals surface area (Å²) in [4.78, 5) is 10.9. The van der Waals surface area contributed by atoms with E-state index < -0.39 is 0 Å². The molecule has 0 aliphatic carbocycles. The van der Waals surface area contributed by atoms with Crippen LogP contribution in [-0.4, -0.2) is 41.0 Å². The fraction of sp³-hybridized carbons (Fsp3) is 0.412. The second kappa shape index (κ2) is 7.18. The van der Waals surface area contributed by atoms with Gasteiger partial charge in [-0.3, -0.25) is 4.98 Å². The van der Waals surface area contributed by atoms with Gasteiger partial charge in [0.05, 0.1) is 6.20 Å². The maximum Gasteiger partial charge on any atom is 0.144 e. The molecular formula is C17H22N4. The van der Waals surface area contributed by atoms with Crippen LogP contribution in [-0.2, 0) is 6.42 Å². The Kier molecular flexibility index (Phi) is 4.79. The monoisotopic (exact) mass is 282 g/mol. The molecule has 1 saturated heterocycles. The number of nitrogens with zero attached hydrogens (tertiary/aromatic N) is 3. The lowest BCUT2D eigenvalue weighted by Crippen LogP contribution is -2.25. The first kappa shape index (κ1) is 14.0. The van der Waals surface area contributed by atoms with E-state index >= 15 is 0 Å². The molecule has 2 aromatic rings. The average Bonchev–Trinajstić information content (AvgIpc) is 3.01. The van der Waals surface area contributed by atoms with Crippen molar-refractivity contribution in [3.8, 4) is 0 Å². The number of benzene rings is 1. The van der Waals surface area contributed by atoms with Gasteiger partial charge in [0.25, 0.3) is 0 Å². The van der Waals surface area contributed by atoms with E-state index in [4.69, 9.17) is 0 Å². The van der Waals surface area contributed by atoms with E-state index in [9.17, 15) is 0 Å². The number of nitrogens with one attached hydrogen (secondary N) is 1. The largest absolute Gasteiger partial charge is 0.368 e. The Labute approximate surface area is 126 Å². The molecule has 4 nitrogen and oxygen atoms in total. The Hall–Kier alpha value is -1.94. The molecule has 0 bridgehead atoms. The van der Waals surface area contributed by atoms with Crippen LogP contribution in [0, 0.1) is 5.92 Å². The Morgan fingerprint density at radius 1 is 1.19 bits per heavy atom. The third-order valence-electron chi connectivity index (χ3n) is 4.06. The summed E-state index contributed by atoms with van der Waals surface area (Å²) < 4.78 is 0. The summed E-state index contributed by atoms with van der Waals surface area (Å²) in [6.45, 7) is 4.53. The number of hydrogen-bond donors (Lipinski definition) is 1. The molecule has 0 radical (unpaired) electrons. The van der Waals surface area contributed by atoms with E-state index in [0.717, 1.165) is 25.3 Å². The van der Waals surface area contributed by atoms with Gasteiger partial charge in [-0.1, -0.05) is 30.3 Å². The number of aromatic nitrogens is 2. The highest BCUT2D eigenvalue weighted by Crippen LogP contribution is 2.17. The Bertz CT molecular complexity index is 480. The normalized spacial score (nSPS) is 18.8. The molecule has 21 heavy (non-hydrogen) atoms. The van der Waals surface area contributed by atoms with Gasteiger partial charge in [0, 0.05) is 32.0 Å². The van der Waals surface area contributed by atoms with Crippen LogP contribution < -0.4 is 5.32 Å². The molecule has 2 heterocycles. The molecule has 1 atom stereocenters. The fourth-order valence-electron chi connectivity index (χ4n) is 2.85. The van der Waals surface area contributed by atoms with E-state index in [1.807, 2.05) is 0 Å². The van der Waals surface area contributed by atoms with Crippen molar-refractivity contribution in [3.05, 3.63) is 54.5 Å². The van der Waals surface area contributed by atoms with Gasteiger partial charge in [0.15, 0.2) is 0 Å². The highest BCUT2D eigenvalue weighted by molar-refractivity contribution is 5.29. The third-order valence-corrected chi connectivity index (χ3v) is 4.06. The van der Waals surface area contributed by atoms with Gasteiger partial charge in [-0.05, 0) is 30.9 Å². The van der Waals surface area contributed by atoms with E-state index in [2.05, 4.69) is 50.5 Å². The van der Waals surface area contributed by atoms with Crippen LogP contribution in [0.3, 0.4) is 0 Å². The maximum absolute atomic E-state index is 4.25. The molecule has 1 aliphatic heterocycles. The van der Waals surface area contributed by atoms with Crippen molar-refractivity contribution >= 4 is 5.82 Å². The minimum atomic E-state index is 0.711. The third kappa shape index (κ3) is 4.26. The van der Waals surface area contributed by atoms with Gasteiger partial charge in [0.1, 0.15) is 5.82 Å². The summed E-state index contributed by atoms with van der Waals surface area (Å²) in [5.41, 5.74) is 1.43. The zero-order chi connectivity index (χ0) is 14.3. The second-order valence-corrected chi connectivity index (χ2v) is 5.66. The molecule has 1 N–H and O–H groups in total. The number of rotatable bonds is 6. The van der Waals surface area contributed by atoms with Crippen molar-refractivity contribution in [1.29, 1.82) is 0 Å². The number of hydrogen-bond acceptors (Lipinski definition) is 4. The summed E-state index contributed by atoms with van der Waals surface area (Å²) in [6.07, 6.45) is 7.62. The zero-order valence-electron chi connectivity index (χ0n) is 12.3. The molecule has 1 aromatic heterocycles. The first-order valence-electron chi connectivity index (χ1n) is 7.66. The van der Waals surface area contributed by atoms with Gasteiger partial charge in [-0.15, -0.1) is 0 Å². The molecule has 4 heteroatoms. The van der Waals surface area contributed by atoms with Crippen LogP contribution in [0.1, 0.15) is 12.0 Å². The Balaban J connectivity index is 1.39. The van der Waals surface area contributed by atoms with Crippen LogP contribution in [0.4, 0.5) is 5.82 Å². The predicted octanol–water partition coefficient (Wildman–Crippen LogP) is 2.45. The van der Waals surface area contributed by atoms with Gasteiger partial charge in [-0.2, -0.15) is 0 Å². The minimum Gasteiger partial charge on any atom is -0.368 e. The minimum absolute atomic E-state index is 0.711. The SMILES string of the molecule is c1ccc(CCN2CCC(CNc3cnccn3)C2)cc1. The molecule has 1 fully saturated rings. The molecule has 1 aromatic carbocycles. The van der Waals surface area contributed by atoms with Crippen molar-refractivity contribution in [2.24, 2.45) is 5.92 Å². The highest BCUT2D eigenvalue weighted by atomic mass is 15.1. The summed E-state index contributed by atoms with van der Waals surface area (Å²) in [5, 5.41) is 3.38. The molecule has 1 unspecified atom stereocenters. The van der Waals surface area contributed by atoms with E-state index in [0.29, 0.717) is 5.92 Å². The second-order valence-electron chi connectivity index (χ2n) is 5.66. The molecule has 0 spiro atoms. The summed E-state index contributed by atoms with van der Waals surface area (Å²) >= 11 is 0. The molecular weight excluding hydrogens is 260 g/mol. The van der Waals surface area contributed by atoms with Crippen LogP contribution in [0.15, 0.2) is 48.9 Å². The fourth-order valence-corrected chi connectivity index (χ4v) is 2.85. The van der Waals surface area contributed by atoms with Crippen LogP contribution in [0.2, 0.25) is 0 Å². The predicted molar refractivity (Wildman–Crippen MR) is 85.2 cm³/mol. The van der Waals surface area contributed by atoms with Crippen molar-refractivity contribution in [2.45, 2.75) is 12.8 Å². The van der Waals surface area contributed by atoms with Crippen molar-refractivity contribution in [2.75, 3.05) is 31.5 Å². The molecule has 0 saturated carbocycles. The lowest BCUT2D eigenvalue weighted by Gasteiger charge is -2.16. The standard InChI is InChI=1S/C17H22N4/c1-2-4-15(5-3-1)6-10-21-11-7-16(14-21)12-20-17-13-18-8-9-19-17/h1-5,8-9,13,16H,6-7,10-12,14H2,(H,19,20). The number of anilines is 1. The van der Waals surface area contributed by atoms with Crippen molar-refractivity contribution in [3.63, 3.8) is 0 Å². The first-order valence-corrected chi connectivity index (χ1v) is 7.66. The van der Waals surface area contributed by atoms with E-state index in [1.54, 1.807) is 18.6 Å². The number of likely N-dealkylation sites (tertiary alicyclic amines) is 1. The van der Waals surface area contributed by atoms with Gasteiger partial charge in [-0.25, -0.2) is 4.98 Å². The average molecular weight is 282 g/mol. The topological polar surface area (TPSA) is 41.0 Å². The first-order chi connectivity index (χ1) is 10.4. The Morgan fingerprint density at radius 2 is 2.10 bits per heavy atom. The van der Waals surface area contributed by atoms with Crippen LogP contribution in [0.5, 0.6) is 0 Å². The lowest BCUT2D eigenvalue weighted by atomic mass is 10.1. The quantitative estimate of drug-likeness (QED) is 0.883. The summed E-state index contributed by atoms with van der Waals surface area (Å²) in [6, 6.07) is 10.7. The van der Waals surface area contributed by atoms with Gasteiger partial charge in [0.2, 0.25) is 0 Å². The Morgan fingerprint density at radius 3 is 2.90 bits per heavy atom.